The Kier molecular flexibility index (Phi) is 59.8. The first-order chi connectivity index (χ1) is 39.6. The lowest BCUT2D eigenvalue weighted by Gasteiger charge is -2.26. The zero-order valence-corrected chi connectivity index (χ0v) is 53.4. The van der Waals surface area contributed by atoms with Crippen LogP contribution in [-0.2, 0) is 33.3 Å². The Morgan fingerprint density at radius 3 is 1.06 bits per heavy atom. The molecular formula is C72H127NO8. The smallest absolute Gasteiger partial charge is 0.306 e. The zero-order chi connectivity index (χ0) is 59.1. The van der Waals surface area contributed by atoms with Crippen LogP contribution in [0.5, 0.6) is 0 Å². The van der Waals surface area contributed by atoms with Crippen molar-refractivity contribution < 1.29 is 42.9 Å². The molecule has 0 saturated heterocycles. The summed E-state index contributed by atoms with van der Waals surface area (Å²) in [7, 11) is 5.91. The van der Waals surface area contributed by atoms with E-state index in [4.69, 9.17) is 18.9 Å². The van der Waals surface area contributed by atoms with Crippen molar-refractivity contribution >= 4 is 17.9 Å². The summed E-state index contributed by atoms with van der Waals surface area (Å²) in [6, 6.07) is 0. The summed E-state index contributed by atoms with van der Waals surface area (Å²) < 4.78 is 22.7. The summed E-state index contributed by atoms with van der Waals surface area (Å²) in [6.45, 7) is 4.60. The predicted molar refractivity (Wildman–Crippen MR) is 343 cm³/mol. The molecule has 81 heavy (non-hydrogen) atoms. The van der Waals surface area contributed by atoms with Gasteiger partial charge in [-0.3, -0.25) is 9.59 Å². The van der Waals surface area contributed by atoms with Gasteiger partial charge in [-0.25, -0.2) is 0 Å². The highest BCUT2D eigenvalue weighted by Crippen LogP contribution is 2.17. The molecule has 468 valence electrons. The minimum atomic E-state index is -1.63. The molecule has 0 rings (SSSR count). The second kappa shape index (κ2) is 62.5. The number of carbonyl (C=O) groups excluding carboxylic acids is 3. The minimum absolute atomic E-state index is 0.139. The quantitative estimate of drug-likeness (QED) is 0.0195. The first-order valence-electron chi connectivity index (χ1n) is 33.7. The Balaban J connectivity index is 4.04. The number of hydrogen-bond donors (Lipinski definition) is 0. The standard InChI is InChI=1S/C72H127NO8/c1-6-8-10-12-14-16-18-20-22-24-26-27-28-29-30-31-32-33-34-35-36-37-38-39-40-41-42-43-45-46-48-50-52-54-56-58-60-62-69(74)79-66-68(67-80-72(71(76)77)78-65-64-73(3,4)5)81-70(75)63-61-59-57-55-53-51-49-47-44-25-23-21-19-17-15-13-11-9-7-2/h9,11,15,17-18,20-21,23-24,26,44,47,51,53,68,72H,6-8,10,12-14,16,19,22,25,27-43,45-46,48-50,52,54-67H2,1-5H3/b11-9-,17-15-,20-18-,23-21-,26-24-,47-44-,53-51-. The van der Waals surface area contributed by atoms with Crippen LogP contribution >= 0.6 is 0 Å². The van der Waals surface area contributed by atoms with Gasteiger partial charge in [0, 0.05) is 12.8 Å². The molecule has 2 atom stereocenters. The van der Waals surface area contributed by atoms with Crippen molar-refractivity contribution in [3.05, 3.63) is 85.1 Å². The van der Waals surface area contributed by atoms with Gasteiger partial charge in [0.25, 0.3) is 0 Å². The van der Waals surface area contributed by atoms with Crippen molar-refractivity contribution in [2.75, 3.05) is 47.5 Å². The number of unbranched alkanes of at least 4 members (excludes halogenated alkanes) is 33. The molecule has 0 aromatic rings. The van der Waals surface area contributed by atoms with Crippen molar-refractivity contribution in [3.63, 3.8) is 0 Å². The Hall–Kier alpha value is -3.53. The van der Waals surface area contributed by atoms with Crippen LogP contribution in [0.25, 0.3) is 0 Å². The summed E-state index contributed by atoms with van der Waals surface area (Å²) in [4.78, 5) is 37.4. The molecule has 2 unspecified atom stereocenters. The number of carboxylic acid groups (broad SMARTS) is 1. The molecule has 0 aliphatic rings. The van der Waals surface area contributed by atoms with Gasteiger partial charge in [-0.2, -0.15) is 0 Å². The SMILES string of the molecule is CC/C=C\C/C=C\C/C=C\C/C=C\C/C=C\CCCCCC(=O)OC(COC(=O)CCCCCCCCCCCCCCCCCCCCCCCCCCC/C=C\C/C=C\CCCCCCC)COC(OCC[N+](C)(C)C)C(=O)[O-]. The third-order valence-corrected chi connectivity index (χ3v) is 14.6. The number of esters is 2. The number of carbonyl (C=O) groups is 3. The highest BCUT2D eigenvalue weighted by atomic mass is 16.7. The largest absolute Gasteiger partial charge is 0.545 e. The van der Waals surface area contributed by atoms with E-state index in [0.29, 0.717) is 17.4 Å². The number of allylic oxidation sites excluding steroid dienone is 14. The predicted octanol–water partition coefficient (Wildman–Crippen LogP) is 19.4. The van der Waals surface area contributed by atoms with E-state index in [-0.39, 0.29) is 38.6 Å². The van der Waals surface area contributed by atoms with E-state index in [0.717, 1.165) is 77.0 Å². The fourth-order valence-corrected chi connectivity index (χ4v) is 9.48. The van der Waals surface area contributed by atoms with Crippen molar-refractivity contribution in [1.82, 2.24) is 0 Å². The lowest BCUT2D eigenvalue weighted by Crippen LogP contribution is -2.44. The zero-order valence-electron chi connectivity index (χ0n) is 53.4. The summed E-state index contributed by atoms with van der Waals surface area (Å²) in [5.74, 6) is -2.32. The maximum Gasteiger partial charge on any atom is 0.306 e. The summed E-state index contributed by atoms with van der Waals surface area (Å²) in [5, 5.41) is 11.8. The second-order valence-electron chi connectivity index (χ2n) is 23.7. The van der Waals surface area contributed by atoms with Gasteiger partial charge < -0.3 is 33.3 Å². The fourth-order valence-electron chi connectivity index (χ4n) is 9.48. The molecule has 0 amide bonds. The average Bonchev–Trinajstić information content (AvgIpc) is 3.44. The monoisotopic (exact) mass is 1130 g/mol. The van der Waals surface area contributed by atoms with E-state index in [1.54, 1.807) is 0 Å². The molecule has 0 bridgehead atoms. The lowest BCUT2D eigenvalue weighted by molar-refractivity contribution is -0.870. The molecule has 0 aromatic carbocycles. The van der Waals surface area contributed by atoms with Crippen LogP contribution < -0.4 is 5.11 Å². The van der Waals surface area contributed by atoms with Crippen LogP contribution in [-0.4, -0.2) is 82.3 Å². The molecular weight excluding hydrogens is 1010 g/mol. The molecule has 0 fully saturated rings. The maximum atomic E-state index is 12.9. The first-order valence-corrected chi connectivity index (χ1v) is 33.7. The Labute approximate surface area is 500 Å². The number of hydrogen-bond acceptors (Lipinski definition) is 8. The molecule has 0 N–H and O–H groups in total. The second-order valence-corrected chi connectivity index (χ2v) is 23.7. The van der Waals surface area contributed by atoms with Gasteiger partial charge in [0.2, 0.25) is 0 Å². The van der Waals surface area contributed by atoms with E-state index in [2.05, 4.69) is 98.9 Å². The van der Waals surface area contributed by atoms with Gasteiger partial charge >= 0.3 is 11.9 Å². The highest BCUT2D eigenvalue weighted by Gasteiger charge is 2.22. The summed E-state index contributed by atoms with van der Waals surface area (Å²) in [5.41, 5.74) is 0. The van der Waals surface area contributed by atoms with Crippen LogP contribution in [0.2, 0.25) is 0 Å². The number of likely N-dealkylation sites (N-methyl/N-ethyl adjacent to an activating group) is 1. The summed E-state index contributed by atoms with van der Waals surface area (Å²) >= 11 is 0. The van der Waals surface area contributed by atoms with Gasteiger partial charge in [0.15, 0.2) is 12.4 Å². The van der Waals surface area contributed by atoms with Crippen molar-refractivity contribution in [3.8, 4) is 0 Å². The van der Waals surface area contributed by atoms with E-state index in [1.165, 1.54) is 186 Å². The normalized spacial score (nSPS) is 13.2. The highest BCUT2D eigenvalue weighted by molar-refractivity contribution is 5.70. The number of carboxylic acids is 1. The topological polar surface area (TPSA) is 111 Å². The number of rotatable bonds is 62. The third-order valence-electron chi connectivity index (χ3n) is 14.6. The molecule has 9 nitrogen and oxygen atoms in total. The Morgan fingerprint density at radius 1 is 0.383 bits per heavy atom. The van der Waals surface area contributed by atoms with Gasteiger partial charge in [-0.1, -0.05) is 279 Å². The molecule has 0 radical (unpaired) electrons. The van der Waals surface area contributed by atoms with Gasteiger partial charge in [0.1, 0.15) is 13.2 Å². The number of nitrogens with zero attached hydrogens (tertiary/aromatic N) is 1. The fraction of sp³-hybridized carbons (Fsp3) is 0.764. The number of ether oxygens (including phenoxy) is 4. The molecule has 0 aliphatic heterocycles. The average molecular weight is 1130 g/mol. The third kappa shape index (κ3) is 63.9. The van der Waals surface area contributed by atoms with Gasteiger partial charge in [0.05, 0.1) is 40.3 Å². The van der Waals surface area contributed by atoms with E-state index in [9.17, 15) is 19.5 Å². The Morgan fingerprint density at radius 2 is 0.704 bits per heavy atom. The summed E-state index contributed by atoms with van der Waals surface area (Å²) in [6.07, 6.45) is 81.1. The van der Waals surface area contributed by atoms with Crippen molar-refractivity contribution in [2.24, 2.45) is 0 Å². The molecule has 0 saturated carbocycles. The van der Waals surface area contributed by atoms with Gasteiger partial charge in [-0.05, 0) is 89.9 Å². The van der Waals surface area contributed by atoms with Crippen LogP contribution in [0.4, 0.5) is 0 Å². The van der Waals surface area contributed by atoms with Gasteiger partial charge in [-0.15, -0.1) is 0 Å². The first kappa shape index (κ1) is 77.5. The van der Waals surface area contributed by atoms with Crippen LogP contribution in [0.15, 0.2) is 85.1 Å². The molecule has 9 heteroatoms. The minimum Gasteiger partial charge on any atom is -0.545 e. The van der Waals surface area contributed by atoms with Crippen molar-refractivity contribution in [1.29, 1.82) is 0 Å². The van der Waals surface area contributed by atoms with Crippen LogP contribution in [0.3, 0.4) is 0 Å². The lowest BCUT2D eigenvalue weighted by atomic mass is 10.0. The van der Waals surface area contributed by atoms with Crippen LogP contribution in [0.1, 0.15) is 296 Å². The molecule has 0 heterocycles. The maximum absolute atomic E-state index is 12.9. The molecule has 0 aliphatic carbocycles. The number of aliphatic carboxylic acids is 1. The molecule has 0 spiro atoms. The van der Waals surface area contributed by atoms with E-state index in [1.807, 2.05) is 21.1 Å². The number of quaternary nitrogens is 1. The van der Waals surface area contributed by atoms with E-state index < -0.39 is 24.3 Å². The molecule has 0 aromatic heterocycles. The Bertz CT molecular complexity index is 1600. The van der Waals surface area contributed by atoms with Crippen LogP contribution in [0, 0.1) is 0 Å². The van der Waals surface area contributed by atoms with Crippen molar-refractivity contribution in [2.45, 2.75) is 309 Å². The van der Waals surface area contributed by atoms with E-state index >= 15 is 0 Å².